The second-order valence-corrected chi connectivity index (χ2v) is 4.99. The van der Waals surface area contributed by atoms with Gasteiger partial charge in [0, 0.05) is 13.5 Å². The summed E-state index contributed by atoms with van der Waals surface area (Å²) in [7, 11) is 1.73. The molecule has 1 heterocycles. The summed E-state index contributed by atoms with van der Waals surface area (Å²) in [5.74, 6) is 1.91. The Morgan fingerprint density at radius 3 is 2.83 bits per heavy atom. The molecule has 0 aliphatic heterocycles. The van der Waals surface area contributed by atoms with E-state index in [2.05, 4.69) is 10.1 Å². The molecule has 2 N–H and O–H groups in total. The van der Waals surface area contributed by atoms with E-state index in [-0.39, 0.29) is 6.10 Å². The van der Waals surface area contributed by atoms with Crippen LogP contribution in [0.15, 0.2) is 4.52 Å². The van der Waals surface area contributed by atoms with Gasteiger partial charge in [0.25, 0.3) is 0 Å². The molecule has 1 aliphatic carbocycles. The molecule has 1 aliphatic rings. The highest BCUT2D eigenvalue weighted by molar-refractivity contribution is 4.95. The number of nitrogens with zero attached hydrogens (tertiary/aromatic N) is 2. The van der Waals surface area contributed by atoms with Gasteiger partial charge in [-0.15, -0.1) is 0 Å². The lowest BCUT2D eigenvalue weighted by molar-refractivity contribution is 0.0273. The van der Waals surface area contributed by atoms with E-state index in [4.69, 9.17) is 15.0 Å². The van der Waals surface area contributed by atoms with Gasteiger partial charge in [0.2, 0.25) is 11.7 Å². The quantitative estimate of drug-likeness (QED) is 0.841. The summed E-state index contributed by atoms with van der Waals surface area (Å²) in [6.45, 7) is 0.647. The average Bonchev–Trinajstić information content (AvgIpc) is 2.87. The molecular formula is C13H23N3O2. The van der Waals surface area contributed by atoms with Crippen molar-refractivity contribution in [2.24, 2.45) is 11.7 Å². The minimum absolute atomic E-state index is 0.0133. The number of nitrogens with two attached hydrogens (primary N) is 1. The number of hydrogen-bond acceptors (Lipinski definition) is 5. The molecule has 1 saturated carbocycles. The predicted octanol–water partition coefficient (Wildman–Crippen LogP) is 2.23. The van der Waals surface area contributed by atoms with Crippen LogP contribution in [0.4, 0.5) is 0 Å². The maximum atomic E-state index is 5.58. The smallest absolute Gasteiger partial charge is 0.226 e. The van der Waals surface area contributed by atoms with Crippen LogP contribution in [0.5, 0.6) is 0 Å². The maximum absolute atomic E-state index is 5.58. The van der Waals surface area contributed by atoms with Crippen LogP contribution < -0.4 is 5.73 Å². The summed E-state index contributed by atoms with van der Waals surface area (Å²) in [6.07, 6.45) is 7.91. The van der Waals surface area contributed by atoms with E-state index in [1.807, 2.05) is 0 Å². The van der Waals surface area contributed by atoms with Gasteiger partial charge in [-0.3, -0.25) is 0 Å². The largest absolute Gasteiger partial charge is 0.373 e. The predicted molar refractivity (Wildman–Crippen MR) is 68.0 cm³/mol. The molecule has 2 rings (SSSR count). The molecule has 102 valence electrons. The second-order valence-electron chi connectivity index (χ2n) is 4.99. The highest BCUT2D eigenvalue weighted by Gasteiger charge is 2.28. The highest BCUT2D eigenvalue weighted by Crippen LogP contribution is 2.35. The van der Waals surface area contributed by atoms with Crippen molar-refractivity contribution in [3.8, 4) is 0 Å². The van der Waals surface area contributed by atoms with Gasteiger partial charge in [0.1, 0.15) is 6.10 Å². The summed E-state index contributed by atoms with van der Waals surface area (Å²) < 4.78 is 10.8. The van der Waals surface area contributed by atoms with Gasteiger partial charge in [0.15, 0.2) is 0 Å². The Hall–Kier alpha value is -0.940. The Labute approximate surface area is 108 Å². The minimum atomic E-state index is -0.0133. The summed E-state index contributed by atoms with van der Waals surface area (Å²) in [5.41, 5.74) is 5.47. The molecule has 1 aromatic rings. The van der Waals surface area contributed by atoms with Crippen LogP contribution in [-0.2, 0) is 11.2 Å². The molecule has 5 nitrogen and oxygen atoms in total. The Balaban J connectivity index is 1.99. The topological polar surface area (TPSA) is 74.2 Å². The van der Waals surface area contributed by atoms with E-state index in [0.717, 1.165) is 12.8 Å². The van der Waals surface area contributed by atoms with Crippen molar-refractivity contribution in [2.75, 3.05) is 13.7 Å². The van der Waals surface area contributed by atoms with Gasteiger partial charge in [-0.2, -0.15) is 4.98 Å². The van der Waals surface area contributed by atoms with Crippen LogP contribution in [0.2, 0.25) is 0 Å². The fourth-order valence-electron chi connectivity index (χ4n) is 2.68. The molecule has 0 amide bonds. The first-order valence-electron chi connectivity index (χ1n) is 6.90. The Bertz CT molecular complexity index is 348. The monoisotopic (exact) mass is 253 g/mol. The Morgan fingerprint density at radius 1 is 1.39 bits per heavy atom. The van der Waals surface area contributed by atoms with E-state index >= 15 is 0 Å². The molecule has 1 atom stereocenters. The van der Waals surface area contributed by atoms with E-state index < -0.39 is 0 Å². The van der Waals surface area contributed by atoms with Crippen molar-refractivity contribution in [1.82, 2.24) is 10.1 Å². The second kappa shape index (κ2) is 6.85. The molecule has 0 spiro atoms. The third-order valence-electron chi connectivity index (χ3n) is 3.66. The lowest BCUT2D eigenvalue weighted by atomic mass is 9.85. The zero-order valence-corrected chi connectivity index (χ0v) is 11.1. The Kier molecular flexibility index (Phi) is 5.13. The molecular weight excluding hydrogens is 230 g/mol. The lowest BCUT2D eigenvalue weighted by Crippen LogP contribution is -2.19. The number of ether oxygens (including phenoxy) is 1. The van der Waals surface area contributed by atoms with Crippen LogP contribution in [0.1, 0.15) is 56.3 Å². The van der Waals surface area contributed by atoms with Gasteiger partial charge < -0.3 is 15.0 Å². The van der Waals surface area contributed by atoms with Crippen LogP contribution in [-0.4, -0.2) is 23.8 Å². The van der Waals surface area contributed by atoms with Crippen molar-refractivity contribution in [2.45, 2.75) is 51.0 Å². The van der Waals surface area contributed by atoms with Gasteiger partial charge >= 0.3 is 0 Å². The number of rotatable bonds is 6. The van der Waals surface area contributed by atoms with Gasteiger partial charge in [0.05, 0.1) is 0 Å². The van der Waals surface area contributed by atoms with E-state index in [1.165, 1.54) is 32.1 Å². The zero-order chi connectivity index (χ0) is 12.8. The first-order chi connectivity index (χ1) is 8.85. The fourth-order valence-corrected chi connectivity index (χ4v) is 2.68. The van der Waals surface area contributed by atoms with E-state index in [0.29, 0.717) is 24.2 Å². The van der Waals surface area contributed by atoms with E-state index in [9.17, 15) is 0 Å². The van der Waals surface area contributed by atoms with Crippen LogP contribution in [0.25, 0.3) is 0 Å². The molecule has 1 aromatic heterocycles. The summed E-state index contributed by atoms with van der Waals surface area (Å²) in [4.78, 5) is 4.44. The maximum Gasteiger partial charge on any atom is 0.226 e. The molecule has 0 radical (unpaired) electrons. The average molecular weight is 253 g/mol. The molecule has 0 saturated heterocycles. The number of hydrogen-bond donors (Lipinski definition) is 1. The molecule has 5 heteroatoms. The number of aromatic nitrogens is 2. The summed E-state index contributed by atoms with van der Waals surface area (Å²) >= 11 is 0. The first kappa shape index (κ1) is 13.5. The van der Waals surface area contributed by atoms with E-state index in [1.54, 1.807) is 7.11 Å². The molecule has 0 bridgehead atoms. The van der Waals surface area contributed by atoms with Gasteiger partial charge in [-0.05, 0) is 31.7 Å². The molecule has 1 fully saturated rings. The zero-order valence-electron chi connectivity index (χ0n) is 11.1. The minimum Gasteiger partial charge on any atom is -0.373 e. The number of aryl methyl sites for hydroxylation is 1. The molecule has 0 aromatic carbocycles. The molecule has 18 heavy (non-hydrogen) atoms. The standard InChI is InChI=1S/C13H23N3O2/c1-17-12(10-6-3-2-4-7-10)13-15-11(18-16-13)8-5-9-14/h10,12H,2-9,14H2,1H3. The third-order valence-corrected chi connectivity index (χ3v) is 3.66. The summed E-state index contributed by atoms with van der Waals surface area (Å²) in [5, 5.41) is 4.06. The van der Waals surface area contributed by atoms with Crippen molar-refractivity contribution in [3.05, 3.63) is 11.7 Å². The Morgan fingerprint density at radius 2 is 2.17 bits per heavy atom. The normalized spacial score (nSPS) is 19.0. The number of methoxy groups -OCH3 is 1. The third kappa shape index (κ3) is 3.29. The van der Waals surface area contributed by atoms with Crippen molar-refractivity contribution in [3.63, 3.8) is 0 Å². The first-order valence-corrected chi connectivity index (χ1v) is 6.90. The SMILES string of the molecule is COC(c1noc(CCCN)n1)C1CCCCC1. The van der Waals surface area contributed by atoms with Crippen molar-refractivity contribution >= 4 is 0 Å². The van der Waals surface area contributed by atoms with Crippen molar-refractivity contribution in [1.29, 1.82) is 0 Å². The lowest BCUT2D eigenvalue weighted by Gasteiger charge is -2.26. The highest BCUT2D eigenvalue weighted by atomic mass is 16.5. The summed E-state index contributed by atoms with van der Waals surface area (Å²) in [6, 6.07) is 0. The van der Waals surface area contributed by atoms with Gasteiger partial charge in [-0.25, -0.2) is 0 Å². The van der Waals surface area contributed by atoms with Crippen molar-refractivity contribution < 1.29 is 9.26 Å². The van der Waals surface area contributed by atoms with Crippen LogP contribution in [0.3, 0.4) is 0 Å². The fraction of sp³-hybridized carbons (Fsp3) is 0.846. The van der Waals surface area contributed by atoms with Crippen LogP contribution >= 0.6 is 0 Å². The van der Waals surface area contributed by atoms with Crippen LogP contribution in [0, 0.1) is 5.92 Å². The molecule has 1 unspecified atom stereocenters. The van der Waals surface area contributed by atoms with Gasteiger partial charge in [-0.1, -0.05) is 24.4 Å².